The minimum atomic E-state index is -0.896. The molecule has 0 saturated heterocycles. The predicted octanol–water partition coefficient (Wildman–Crippen LogP) is 2.53. The van der Waals surface area contributed by atoms with Crippen molar-refractivity contribution in [3.8, 4) is 0 Å². The summed E-state index contributed by atoms with van der Waals surface area (Å²) in [6.07, 6.45) is 6.19. The molecule has 2 heteroatoms. The SMILES string of the molecule is CC(O)CC1(O)C=CC(c2ccccc2)=CC1. The Balaban J connectivity index is 2.11. The minimum absolute atomic E-state index is 0.377. The zero-order valence-electron chi connectivity index (χ0n) is 10.0. The highest BCUT2D eigenvalue weighted by atomic mass is 16.3. The highest BCUT2D eigenvalue weighted by Crippen LogP contribution is 2.29. The van der Waals surface area contributed by atoms with Crippen molar-refractivity contribution >= 4 is 5.57 Å². The molecular formula is C15H18O2. The van der Waals surface area contributed by atoms with Crippen molar-refractivity contribution in [1.29, 1.82) is 0 Å². The van der Waals surface area contributed by atoms with Gasteiger partial charge in [-0.2, -0.15) is 0 Å². The number of hydrogen-bond donors (Lipinski definition) is 2. The zero-order valence-corrected chi connectivity index (χ0v) is 10.0. The molecule has 2 rings (SSSR count). The van der Waals surface area contributed by atoms with Crippen LogP contribution in [0.3, 0.4) is 0 Å². The van der Waals surface area contributed by atoms with Gasteiger partial charge < -0.3 is 10.2 Å². The lowest BCUT2D eigenvalue weighted by Gasteiger charge is -2.27. The average molecular weight is 230 g/mol. The van der Waals surface area contributed by atoms with E-state index in [1.165, 1.54) is 0 Å². The molecule has 0 spiro atoms. The van der Waals surface area contributed by atoms with Gasteiger partial charge in [0.05, 0.1) is 11.7 Å². The summed E-state index contributed by atoms with van der Waals surface area (Å²) in [6.45, 7) is 1.70. The van der Waals surface area contributed by atoms with Gasteiger partial charge in [-0.1, -0.05) is 48.6 Å². The van der Waals surface area contributed by atoms with Gasteiger partial charge in [0.25, 0.3) is 0 Å². The maximum Gasteiger partial charge on any atom is 0.0890 e. The van der Waals surface area contributed by atoms with E-state index in [1.807, 2.05) is 30.4 Å². The van der Waals surface area contributed by atoms with Crippen molar-refractivity contribution in [2.24, 2.45) is 0 Å². The molecule has 0 bridgehead atoms. The molecule has 0 aromatic heterocycles. The second kappa shape index (κ2) is 4.86. The Labute approximate surface area is 102 Å². The Bertz CT molecular complexity index is 431. The van der Waals surface area contributed by atoms with E-state index in [-0.39, 0.29) is 0 Å². The summed E-state index contributed by atoms with van der Waals surface area (Å²) in [4.78, 5) is 0. The summed E-state index contributed by atoms with van der Waals surface area (Å²) < 4.78 is 0. The molecule has 1 aromatic rings. The Morgan fingerprint density at radius 2 is 2.00 bits per heavy atom. The molecule has 1 aliphatic rings. The van der Waals surface area contributed by atoms with E-state index in [0.29, 0.717) is 12.8 Å². The number of rotatable bonds is 3. The van der Waals surface area contributed by atoms with E-state index in [4.69, 9.17) is 0 Å². The van der Waals surface area contributed by atoms with Crippen LogP contribution in [0, 0.1) is 0 Å². The van der Waals surface area contributed by atoms with E-state index in [0.717, 1.165) is 11.1 Å². The molecular weight excluding hydrogens is 212 g/mol. The molecule has 0 fully saturated rings. The minimum Gasteiger partial charge on any atom is -0.393 e. The van der Waals surface area contributed by atoms with Crippen LogP contribution in [0.5, 0.6) is 0 Å². The summed E-state index contributed by atoms with van der Waals surface area (Å²) in [7, 11) is 0. The van der Waals surface area contributed by atoms with Gasteiger partial charge >= 0.3 is 0 Å². The molecule has 17 heavy (non-hydrogen) atoms. The quantitative estimate of drug-likeness (QED) is 0.837. The lowest BCUT2D eigenvalue weighted by Crippen LogP contribution is -2.30. The molecule has 1 aromatic carbocycles. The first-order valence-corrected chi connectivity index (χ1v) is 5.94. The lowest BCUT2D eigenvalue weighted by molar-refractivity contribution is 0.0348. The van der Waals surface area contributed by atoms with E-state index < -0.39 is 11.7 Å². The first kappa shape index (κ1) is 12.1. The van der Waals surface area contributed by atoms with Gasteiger partial charge in [0, 0.05) is 6.42 Å². The summed E-state index contributed by atoms with van der Waals surface area (Å²) in [6, 6.07) is 10.1. The molecule has 1 aliphatic carbocycles. The number of aliphatic hydroxyl groups is 2. The monoisotopic (exact) mass is 230 g/mol. The van der Waals surface area contributed by atoms with Crippen LogP contribution >= 0.6 is 0 Å². The summed E-state index contributed by atoms with van der Waals surface area (Å²) in [5.74, 6) is 0. The highest BCUT2D eigenvalue weighted by molar-refractivity contribution is 5.75. The van der Waals surface area contributed by atoms with E-state index in [2.05, 4.69) is 12.1 Å². The lowest BCUT2D eigenvalue weighted by atomic mass is 9.86. The molecule has 90 valence electrons. The maximum absolute atomic E-state index is 10.2. The standard InChI is InChI=1S/C15H18O2/c1-12(16)11-15(17)9-7-14(8-10-15)13-5-3-2-4-6-13/h2-9,12,16-17H,10-11H2,1H3. The molecule has 0 saturated carbocycles. The third-order valence-corrected chi connectivity index (χ3v) is 3.00. The van der Waals surface area contributed by atoms with Crippen LogP contribution < -0.4 is 0 Å². The fraction of sp³-hybridized carbons (Fsp3) is 0.333. The second-order valence-electron chi connectivity index (χ2n) is 4.72. The highest BCUT2D eigenvalue weighted by Gasteiger charge is 2.26. The number of benzene rings is 1. The molecule has 2 unspecified atom stereocenters. The van der Waals surface area contributed by atoms with Crippen molar-refractivity contribution in [2.75, 3.05) is 0 Å². The predicted molar refractivity (Wildman–Crippen MR) is 69.4 cm³/mol. The van der Waals surface area contributed by atoms with Crippen molar-refractivity contribution in [1.82, 2.24) is 0 Å². The van der Waals surface area contributed by atoms with Gasteiger partial charge in [-0.05, 0) is 24.5 Å². The van der Waals surface area contributed by atoms with Crippen LogP contribution in [0.1, 0.15) is 25.3 Å². The normalized spacial score (nSPS) is 25.5. The van der Waals surface area contributed by atoms with Crippen LogP contribution in [-0.2, 0) is 0 Å². The summed E-state index contributed by atoms with van der Waals surface area (Å²) >= 11 is 0. The molecule has 0 heterocycles. The Morgan fingerprint density at radius 3 is 2.53 bits per heavy atom. The van der Waals surface area contributed by atoms with Crippen LogP contribution in [0.4, 0.5) is 0 Å². The van der Waals surface area contributed by atoms with Gasteiger partial charge in [0.2, 0.25) is 0 Å². The van der Waals surface area contributed by atoms with E-state index in [1.54, 1.807) is 13.0 Å². The summed E-state index contributed by atoms with van der Waals surface area (Å²) in [5.41, 5.74) is 1.38. The Hall–Kier alpha value is -1.38. The van der Waals surface area contributed by atoms with Crippen molar-refractivity contribution in [3.63, 3.8) is 0 Å². The molecule has 0 radical (unpaired) electrons. The smallest absolute Gasteiger partial charge is 0.0890 e. The molecule has 0 amide bonds. The molecule has 0 aliphatic heterocycles. The van der Waals surface area contributed by atoms with Crippen molar-refractivity contribution in [2.45, 2.75) is 31.5 Å². The van der Waals surface area contributed by atoms with E-state index in [9.17, 15) is 10.2 Å². The first-order chi connectivity index (χ1) is 8.09. The van der Waals surface area contributed by atoms with E-state index >= 15 is 0 Å². The molecule has 2 N–H and O–H groups in total. The van der Waals surface area contributed by atoms with Crippen LogP contribution in [0.25, 0.3) is 5.57 Å². The molecule has 2 nitrogen and oxygen atoms in total. The Kier molecular flexibility index (Phi) is 3.46. The van der Waals surface area contributed by atoms with Gasteiger partial charge in [0.1, 0.15) is 0 Å². The fourth-order valence-electron chi connectivity index (χ4n) is 2.18. The van der Waals surface area contributed by atoms with Gasteiger partial charge in [-0.25, -0.2) is 0 Å². The zero-order chi connectivity index (χ0) is 12.3. The van der Waals surface area contributed by atoms with Gasteiger partial charge in [0.15, 0.2) is 0 Å². The average Bonchev–Trinajstić information content (AvgIpc) is 2.29. The first-order valence-electron chi connectivity index (χ1n) is 5.94. The third kappa shape index (κ3) is 3.05. The topological polar surface area (TPSA) is 40.5 Å². The van der Waals surface area contributed by atoms with Crippen LogP contribution in [0.2, 0.25) is 0 Å². The van der Waals surface area contributed by atoms with Gasteiger partial charge in [-0.15, -0.1) is 0 Å². The largest absolute Gasteiger partial charge is 0.393 e. The molecule has 2 atom stereocenters. The number of allylic oxidation sites excluding steroid dienone is 2. The van der Waals surface area contributed by atoms with Crippen LogP contribution in [0.15, 0.2) is 48.6 Å². The Morgan fingerprint density at radius 1 is 1.29 bits per heavy atom. The maximum atomic E-state index is 10.2. The number of hydrogen-bond acceptors (Lipinski definition) is 2. The third-order valence-electron chi connectivity index (χ3n) is 3.00. The summed E-state index contributed by atoms with van der Waals surface area (Å²) in [5, 5.41) is 19.6. The second-order valence-corrected chi connectivity index (χ2v) is 4.72. The number of aliphatic hydroxyl groups excluding tert-OH is 1. The van der Waals surface area contributed by atoms with Crippen molar-refractivity contribution < 1.29 is 10.2 Å². The van der Waals surface area contributed by atoms with Crippen LogP contribution in [-0.4, -0.2) is 21.9 Å². The van der Waals surface area contributed by atoms with Gasteiger partial charge in [-0.3, -0.25) is 0 Å². The van der Waals surface area contributed by atoms with Crippen molar-refractivity contribution in [3.05, 3.63) is 54.1 Å². The fourth-order valence-corrected chi connectivity index (χ4v) is 2.18.